The van der Waals surface area contributed by atoms with E-state index in [0.29, 0.717) is 18.2 Å². The number of anilines is 1. The van der Waals surface area contributed by atoms with Crippen molar-refractivity contribution in [1.82, 2.24) is 5.32 Å². The summed E-state index contributed by atoms with van der Waals surface area (Å²) in [6, 6.07) is 4.57. The van der Waals surface area contributed by atoms with E-state index in [1.54, 1.807) is 24.1 Å². The van der Waals surface area contributed by atoms with Crippen molar-refractivity contribution in [3.05, 3.63) is 29.6 Å². The van der Waals surface area contributed by atoms with Crippen LogP contribution in [0.15, 0.2) is 18.2 Å². The van der Waals surface area contributed by atoms with Crippen LogP contribution in [0.2, 0.25) is 0 Å². The van der Waals surface area contributed by atoms with Crippen molar-refractivity contribution in [1.29, 1.82) is 0 Å². The van der Waals surface area contributed by atoms with E-state index in [2.05, 4.69) is 5.32 Å². The minimum Gasteiger partial charge on any atom is -0.389 e. The van der Waals surface area contributed by atoms with Crippen LogP contribution in [0.5, 0.6) is 0 Å². The third-order valence-electron chi connectivity index (χ3n) is 2.95. The third kappa shape index (κ3) is 4.49. The normalized spacial score (nSPS) is 12.3. The van der Waals surface area contributed by atoms with Crippen molar-refractivity contribution in [2.75, 3.05) is 25.0 Å². The molecule has 0 spiro atoms. The van der Waals surface area contributed by atoms with Crippen LogP contribution in [-0.4, -0.2) is 31.2 Å². The van der Waals surface area contributed by atoms with E-state index in [1.165, 1.54) is 13.0 Å². The number of amides is 1. The summed E-state index contributed by atoms with van der Waals surface area (Å²) < 4.78 is 13.8. The number of halogens is 1. The Morgan fingerprint density at radius 1 is 1.40 bits per heavy atom. The molecule has 0 heterocycles. The molecule has 0 aliphatic rings. The van der Waals surface area contributed by atoms with E-state index in [4.69, 9.17) is 0 Å². The molecule has 1 amide bonds. The molecule has 0 radical (unpaired) electrons. The molecular weight excluding hydrogens is 259 g/mol. The van der Waals surface area contributed by atoms with Crippen LogP contribution in [0.4, 0.5) is 10.1 Å². The molecule has 1 atom stereocenters. The molecule has 112 valence electrons. The van der Waals surface area contributed by atoms with Crippen molar-refractivity contribution < 1.29 is 14.3 Å². The van der Waals surface area contributed by atoms with Gasteiger partial charge in [-0.25, -0.2) is 4.39 Å². The first-order valence-electron chi connectivity index (χ1n) is 6.77. The first kappa shape index (κ1) is 16.4. The maximum Gasteiger partial charge on any atom is 0.239 e. The Balaban J connectivity index is 2.80. The predicted molar refractivity (Wildman–Crippen MR) is 78.2 cm³/mol. The summed E-state index contributed by atoms with van der Waals surface area (Å²) in [5, 5.41) is 12.5. The van der Waals surface area contributed by atoms with Crippen LogP contribution < -0.4 is 10.2 Å². The zero-order valence-corrected chi connectivity index (χ0v) is 12.5. The zero-order valence-electron chi connectivity index (χ0n) is 12.5. The van der Waals surface area contributed by atoms with Gasteiger partial charge in [-0.15, -0.1) is 0 Å². The summed E-state index contributed by atoms with van der Waals surface area (Å²) in [5.74, 6) is -0.208. The van der Waals surface area contributed by atoms with Gasteiger partial charge in [-0.05, 0) is 25.0 Å². The second kappa shape index (κ2) is 7.24. The van der Waals surface area contributed by atoms with Crippen LogP contribution in [0.1, 0.15) is 32.4 Å². The first-order chi connectivity index (χ1) is 9.32. The second-order valence-corrected chi connectivity index (χ2v) is 5.40. The maximum absolute atomic E-state index is 13.8. The van der Waals surface area contributed by atoms with Gasteiger partial charge in [-0.2, -0.15) is 0 Å². The number of aliphatic hydroxyl groups is 1. The van der Waals surface area contributed by atoms with Gasteiger partial charge >= 0.3 is 0 Å². The van der Waals surface area contributed by atoms with Crippen LogP contribution in [0.3, 0.4) is 0 Å². The minimum absolute atomic E-state index is 0.121. The lowest BCUT2D eigenvalue weighted by molar-refractivity contribution is -0.119. The third-order valence-corrected chi connectivity index (χ3v) is 2.95. The molecule has 0 aliphatic carbocycles. The highest BCUT2D eigenvalue weighted by atomic mass is 19.1. The monoisotopic (exact) mass is 282 g/mol. The van der Waals surface area contributed by atoms with E-state index in [0.717, 1.165) is 0 Å². The lowest BCUT2D eigenvalue weighted by atomic mass is 10.1. The standard InChI is InChI=1S/C15H23FN2O2/c1-10(2)8-17-14(20)9-18(4)13-7-5-6-12(16)15(13)11(3)19/h5-7,10-11,19H,8-9H2,1-4H3,(H,17,20). The summed E-state index contributed by atoms with van der Waals surface area (Å²) in [7, 11) is 1.70. The van der Waals surface area contributed by atoms with Gasteiger partial charge < -0.3 is 15.3 Å². The van der Waals surface area contributed by atoms with Crippen molar-refractivity contribution in [3.63, 3.8) is 0 Å². The number of hydrogen-bond acceptors (Lipinski definition) is 3. The van der Waals surface area contributed by atoms with E-state index in [-0.39, 0.29) is 18.0 Å². The number of carbonyl (C=O) groups is 1. The number of rotatable bonds is 6. The number of aliphatic hydroxyl groups excluding tert-OH is 1. The fourth-order valence-corrected chi connectivity index (χ4v) is 1.95. The second-order valence-electron chi connectivity index (χ2n) is 5.40. The average Bonchev–Trinajstić information content (AvgIpc) is 2.35. The van der Waals surface area contributed by atoms with Gasteiger partial charge in [0.2, 0.25) is 5.91 Å². The van der Waals surface area contributed by atoms with Crippen molar-refractivity contribution in [2.24, 2.45) is 5.92 Å². The highest BCUT2D eigenvalue weighted by Gasteiger charge is 2.17. The highest BCUT2D eigenvalue weighted by Crippen LogP contribution is 2.27. The molecule has 0 aromatic heterocycles. The molecule has 0 aliphatic heterocycles. The van der Waals surface area contributed by atoms with E-state index < -0.39 is 11.9 Å². The summed E-state index contributed by atoms with van der Waals surface area (Å²) in [5.41, 5.74) is 0.742. The number of nitrogens with zero attached hydrogens (tertiary/aromatic N) is 1. The van der Waals surface area contributed by atoms with E-state index >= 15 is 0 Å². The van der Waals surface area contributed by atoms with Crippen LogP contribution in [0, 0.1) is 11.7 Å². The van der Waals surface area contributed by atoms with Gasteiger partial charge in [0.1, 0.15) is 5.82 Å². The molecule has 20 heavy (non-hydrogen) atoms. The summed E-state index contributed by atoms with van der Waals surface area (Å²) in [6.45, 7) is 6.27. The Morgan fingerprint density at radius 3 is 2.60 bits per heavy atom. The number of benzene rings is 1. The Hall–Kier alpha value is -1.62. The van der Waals surface area contributed by atoms with Gasteiger partial charge in [0.25, 0.3) is 0 Å². The van der Waals surface area contributed by atoms with Crippen molar-refractivity contribution in [2.45, 2.75) is 26.9 Å². The topological polar surface area (TPSA) is 52.6 Å². The summed E-state index contributed by atoms with van der Waals surface area (Å²) >= 11 is 0. The molecule has 0 saturated carbocycles. The molecular formula is C15H23FN2O2. The van der Waals surface area contributed by atoms with Gasteiger partial charge in [0.15, 0.2) is 0 Å². The van der Waals surface area contributed by atoms with Crippen molar-refractivity contribution >= 4 is 11.6 Å². The quantitative estimate of drug-likeness (QED) is 0.840. The molecule has 0 bridgehead atoms. The van der Waals surface area contributed by atoms with Crippen LogP contribution >= 0.6 is 0 Å². The molecule has 1 unspecified atom stereocenters. The molecule has 2 N–H and O–H groups in total. The molecule has 1 aromatic carbocycles. The molecule has 1 aromatic rings. The minimum atomic E-state index is -0.924. The summed E-state index contributed by atoms with van der Waals surface area (Å²) in [4.78, 5) is 13.4. The Kier molecular flexibility index (Phi) is 5.95. The van der Waals surface area contributed by atoms with Crippen molar-refractivity contribution in [3.8, 4) is 0 Å². The molecule has 5 heteroatoms. The van der Waals surface area contributed by atoms with Gasteiger partial charge in [-0.3, -0.25) is 4.79 Å². The first-order valence-corrected chi connectivity index (χ1v) is 6.77. The molecule has 4 nitrogen and oxygen atoms in total. The van der Waals surface area contributed by atoms with Crippen LogP contribution in [-0.2, 0) is 4.79 Å². The average molecular weight is 282 g/mol. The lowest BCUT2D eigenvalue weighted by Crippen LogP contribution is -2.37. The number of nitrogens with one attached hydrogen (secondary N) is 1. The van der Waals surface area contributed by atoms with Gasteiger partial charge in [0.05, 0.1) is 12.6 Å². The lowest BCUT2D eigenvalue weighted by Gasteiger charge is -2.23. The highest BCUT2D eigenvalue weighted by molar-refractivity contribution is 5.81. The molecule has 0 fully saturated rings. The Labute approximate surface area is 119 Å². The zero-order chi connectivity index (χ0) is 15.3. The maximum atomic E-state index is 13.8. The van der Waals surface area contributed by atoms with E-state index in [1.807, 2.05) is 13.8 Å². The summed E-state index contributed by atoms with van der Waals surface area (Å²) in [6.07, 6.45) is -0.924. The van der Waals surface area contributed by atoms with Gasteiger partial charge in [0, 0.05) is 24.8 Å². The molecule has 0 saturated heterocycles. The number of hydrogen-bond donors (Lipinski definition) is 2. The largest absolute Gasteiger partial charge is 0.389 e. The SMILES string of the molecule is CC(C)CNC(=O)CN(C)c1cccc(F)c1C(C)O. The molecule has 1 rings (SSSR count). The van der Waals surface area contributed by atoms with Crippen LogP contribution in [0.25, 0.3) is 0 Å². The smallest absolute Gasteiger partial charge is 0.239 e. The number of likely N-dealkylation sites (N-methyl/N-ethyl adjacent to an activating group) is 1. The Morgan fingerprint density at radius 2 is 2.05 bits per heavy atom. The fraction of sp³-hybridized carbons (Fsp3) is 0.533. The predicted octanol–water partition coefficient (Wildman–Crippen LogP) is 2.09. The Bertz CT molecular complexity index is 461. The number of carbonyl (C=O) groups excluding carboxylic acids is 1. The van der Waals surface area contributed by atoms with E-state index in [9.17, 15) is 14.3 Å². The fourth-order valence-electron chi connectivity index (χ4n) is 1.95. The van der Waals surface area contributed by atoms with Gasteiger partial charge in [-0.1, -0.05) is 19.9 Å².